The highest BCUT2D eigenvalue weighted by Gasteiger charge is 2.45. The SMILES string of the molecule is CC[C@@H]1OC(=O)N2c3ccc(-c4ccc(C5(N)CC5)nc4)cc3OC[C@@H]12. The van der Waals surface area contributed by atoms with Crippen LogP contribution in [0.15, 0.2) is 36.5 Å². The zero-order valence-corrected chi connectivity index (χ0v) is 14.6. The fraction of sp³-hybridized carbons (Fsp3) is 0.400. The van der Waals surface area contributed by atoms with Crippen molar-refractivity contribution < 1.29 is 14.3 Å². The number of nitrogens with two attached hydrogens (primary N) is 1. The van der Waals surface area contributed by atoms with Crippen LogP contribution in [0.1, 0.15) is 31.9 Å². The van der Waals surface area contributed by atoms with Crippen molar-refractivity contribution in [3.63, 3.8) is 0 Å². The Bertz CT molecular complexity index is 876. The Morgan fingerprint density at radius 2 is 2.08 bits per heavy atom. The molecule has 2 atom stereocenters. The summed E-state index contributed by atoms with van der Waals surface area (Å²) in [7, 11) is 0. The number of rotatable bonds is 3. The molecule has 3 heterocycles. The summed E-state index contributed by atoms with van der Waals surface area (Å²) >= 11 is 0. The summed E-state index contributed by atoms with van der Waals surface area (Å²) < 4.78 is 11.4. The van der Waals surface area contributed by atoms with Gasteiger partial charge in [-0.05, 0) is 43.0 Å². The standard InChI is InChI=1S/C20H21N3O3/c1-2-16-15-11-25-17-9-12(3-5-14(17)23(15)19(24)26-16)13-4-6-18(22-10-13)20(21)7-8-20/h3-6,9-10,15-16H,2,7-8,11,21H2,1H3/t15-,16-/m0/s1. The fourth-order valence-corrected chi connectivity index (χ4v) is 3.81. The van der Waals surface area contributed by atoms with Crippen molar-refractivity contribution in [2.45, 2.75) is 43.9 Å². The van der Waals surface area contributed by atoms with E-state index in [-0.39, 0.29) is 23.8 Å². The average molecular weight is 351 g/mol. The minimum atomic E-state index is -0.289. The van der Waals surface area contributed by atoms with Gasteiger partial charge in [0.15, 0.2) is 0 Å². The van der Waals surface area contributed by atoms with Crippen LogP contribution in [-0.4, -0.2) is 29.8 Å². The Kier molecular flexibility index (Phi) is 3.28. The summed E-state index contributed by atoms with van der Waals surface area (Å²) in [5, 5.41) is 0. The second kappa shape index (κ2) is 5.45. The third kappa shape index (κ3) is 2.29. The van der Waals surface area contributed by atoms with Crippen molar-refractivity contribution in [2.24, 2.45) is 5.73 Å². The molecule has 2 fully saturated rings. The maximum atomic E-state index is 12.3. The third-order valence-corrected chi connectivity index (χ3v) is 5.64. The topological polar surface area (TPSA) is 77.7 Å². The highest BCUT2D eigenvalue weighted by Crippen LogP contribution is 2.43. The first-order valence-corrected chi connectivity index (χ1v) is 9.11. The first-order valence-electron chi connectivity index (χ1n) is 9.11. The average Bonchev–Trinajstić information content (AvgIpc) is 3.34. The van der Waals surface area contributed by atoms with Crippen molar-refractivity contribution in [2.75, 3.05) is 11.5 Å². The smallest absolute Gasteiger partial charge is 0.415 e. The second-order valence-electron chi connectivity index (χ2n) is 7.35. The van der Waals surface area contributed by atoms with Crippen LogP contribution in [0.2, 0.25) is 0 Å². The predicted octanol–water partition coefficient (Wildman–Crippen LogP) is 3.19. The van der Waals surface area contributed by atoms with Gasteiger partial charge in [0, 0.05) is 11.8 Å². The van der Waals surface area contributed by atoms with E-state index < -0.39 is 0 Å². The van der Waals surface area contributed by atoms with Gasteiger partial charge in [0.2, 0.25) is 0 Å². The molecule has 6 nitrogen and oxygen atoms in total. The molecule has 2 aliphatic heterocycles. The zero-order valence-electron chi connectivity index (χ0n) is 14.6. The summed E-state index contributed by atoms with van der Waals surface area (Å²) in [6.45, 7) is 2.47. The Balaban J connectivity index is 1.46. The fourth-order valence-electron chi connectivity index (χ4n) is 3.81. The van der Waals surface area contributed by atoms with E-state index in [2.05, 4.69) is 4.98 Å². The second-order valence-corrected chi connectivity index (χ2v) is 7.35. The number of anilines is 1. The largest absolute Gasteiger partial charge is 0.489 e. The number of nitrogens with zero attached hydrogens (tertiary/aromatic N) is 2. The lowest BCUT2D eigenvalue weighted by molar-refractivity contribution is 0.119. The molecule has 2 N–H and O–H groups in total. The Morgan fingerprint density at radius 3 is 2.77 bits per heavy atom. The molecular formula is C20H21N3O3. The molecule has 0 radical (unpaired) electrons. The van der Waals surface area contributed by atoms with Crippen molar-refractivity contribution in [1.29, 1.82) is 0 Å². The Hall–Kier alpha value is -2.60. The molecule has 0 unspecified atom stereocenters. The molecule has 5 rings (SSSR count). The van der Waals surface area contributed by atoms with E-state index in [1.807, 2.05) is 43.5 Å². The molecule has 6 heteroatoms. The molecule has 1 saturated carbocycles. The first-order chi connectivity index (χ1) is 12.6. The van der Waals surface area contributed by atoms with Gasteiger partial charge in [0.05, 0.1) is 16.9 Å². The molecule has 1 aromatic carbocycles. The molecule has 0 bridgehead atoms. The van der Waals surface area contributed by atoms with Crippen LogP contribution in [0, 0.1) is 0 Å². The van der Waals surface area contributed by atoms with Crippen LogP contribution in [0.4, 0.5) is 10.5 Å². The summed E-state index contributed by atoms with van der Waals surface area (Å²) in [6.07, 6.45) is 4.23. The van der Waals surface area contributed by atoms with Crippen molar-refractivity contribution in [1.82, 2.24) is 4.98 Å². The van der Waals surface area contributed by atoms with Crippen LogP contribution in [0.5, 0.6) is 5.75 Å². The number of cyclic esters (lactones) is 1. The first kappa shape index (κ1) is 15.6. The van der Waals surface area contributed by atoms with Gasteiger partial charge >= 0.3 is 6.09 Å². The molecule has 1 aliphatic carbocycles. The van der Waals surface area contributed by atoms with Gasteiger partial charge in [-0.25, -0.2) is 4.79 Å². The highest BCUT2D eigenvalue weighted by molar-refractivity contribution is 5.94. The van der Waals surface area contributed by atoms with E-state index in [0.29, 0.717) is 12.4 Å². The molecule has 3 aliphatic rings. The van der Waals surface area contributed by atoms with Crippen LogP contribution in [-0.2, 0) is 10.3 Å². The number of fused-ring (bicyclic) bond motifs is 3. The quantitative estimate of drug-likeness (QED) is 0.919. The molecule has 1 saturated heterocycles. The Labute approximate surface area is 151 Å². The van der Waals surface area contributed by atoms with Crippen LogP contribution in [0.3, 0.4) is 0 Å². The van der Waals surface area contributed by atoms with Gasteiger partial charge in [0.1, 0.15) is 24.5 Å². The van der Waals surface area contributed by atoms with Crippen LogP contribution >= 0.6 is 0 Å². The number of benzene rings is 1. The number of carbonyl (C=O) groups is 1. The third-order valence-electron chi connectivity index (χ3n) is 5.64. The normalized spacial score (nSPS) is 25.2. The lowest BCUT2D eigenvalue weighted by Crippen LogP contribution is -2.44. The zero-order chi connectivity index (χ0) is 17.9. The number of hydrogen-bond donors (Lipinski definition) is 1. The number of hydrogen-bond acceptors (Lipinski definition) is 5. The molecule has 26 heavy (non-hydrogen) atoms. The maximum Gasteiger partial charge on any atom is 0.415 e. The van der Waals surface area contributed by atoms with Gasteiger partial charge in [-0.2, -0.15) is 0 Å². The number of carbonyl (C=O) groups excluding carboxylic acids is 1. The minimum absolute atomic E-state index is 0.0499. The molecule has 2 aromatic rings. The van der Waals surface area contributed by atoms with Gasteiger partial charge in [0.25, 0.3) is 0 Å². The molecular weight excluding hydrogens is 330 g/mol. The van der Waals surface area contributed by atoms with Gasteiger partial charge in [-0.15, -0.1) is 0 Å². The van der Waals surface area contributed by atoms with Crippen LogP contribution in [0.25, 0.3) is 11.1 Å². The van der Waals surface area contributed by atoms with E-state index in [1.165, 1.54) is 0 Å². The molecule has 0 spiro atoms. The lowest BCUT2D eigenvalue weighted by Gasteiger charge is -2.31. The van der Waals surface area contributed by atoms with E-state index in [1.54, 1.807) is 4.90 Å². The molecule has 1 aromatic heterocycles. The highest BCUT2D eigenvalue weighted by atomic mass is 16.6. The van der Waals surface area contributed by atoms with Crippen molar-refractivity contribution in [3.05, 3.63) is 42.2 Å². The summed E-state index contributed by atoms with van der Waals surface area (Å²) in [6, 6.07) is 9.87. The molecule has 1 amide bonds. The van der Waals surface area contributed by atoms with Crippen LogP contribution < -0.4 is 15.4 Å². The van der Waals surface area contributed by atoms with Gasteiger partial charge in [-0.3, -0.25) is 9.88 Å². The lowest BCUT2D eigenvalue weighted by atomic mass is 10.0. The maximum absolute atomic E-state index is 12.3. The van der Waals surface area contributed by atoms with E-state index in [9.17, 15) is 4.79 Å². The molecule has 134 valence electrons. The predicted molar refractivity (Wildman–Crippen MR) is 97.1 cm³/mol. The number of ether oxygens (including phenoxy) is 2. The minimum Gasteiger partial charge on any atom is -0.489 e. The van der Waals surface area contributed by atoms with E-state index in [4.69, 9.17) is 15.2 Å². The number of aromatic nitrogens is 1. The number of amides is 1. The monoisotopic (exact) mass is 351 g/mol. The summed E-state index contributed by atoms with van der Waals surface area (Å²) in [5.74, 6) is 0.703. The van der Waals surface area contributed by atoms with E-state index >= 15 is 0 Å². The van der Waals surface area contributed by atoms with Gasteiger partial charge < -0.3 is 15.2 Å². The van der Waals surface area contributed by atoms with Gasteiger partial charge in [-0.1, -0.05) is 19.1 Å². The van der Waals surface area contributed by atoms with E-state index in [0.717, 1.165) is 41.8 Å². The van der Waals surface area contributed by atoms with Crippen molar-refractivity contribution >= 4 is 11.8 Å². The Morgan fingerprint density at radius 1 is 1.27 bits per heavy atom. The van der Waals surface area contributed by atoms with Crippen molar-refractivity contribution in [3.8, 4) is 16.9 Å². The number of pyridine rings is 1. The summed E-state index contributed by atoms with van der Waals surface area (Å²) in [4.78, 5) is 18.5. The summed E-state index contributed by atoms with van der Waals surface area (Å²) in [5.41, 5.74) is 9.70.